The van der Waals surface area contributed by atoms with Gasteiger partial charge in [-0.2, -0.15) is 0 Å². The molecule has 1 aromatic heterocycles. The fourth-order valence-electron chi connectivity index (χ4n) is 2.72. The van der Waals surface area contributed by atoms with Crippen LogP contribution in [-0.2, 0) is 4.74 Å². The molecule has 1 N–H and O–H groups in total. The minimum atomic E-state index is -1.11. The van der Waals surface area contributed by atoms with Gasteiger partial charge in [0.05, 0.1) is 24.8 Å². The maximum atomic E-state index is 12.8. The molecule has 1 amide bonds. The molecule has 1 aliphatic heterocycles. The van der Waals surface area contributed by atoms with Gasteiger partial charge in [-0.3, -0.25) is 4.79 Å². The van der Waals surface area contributed by atoms with E-state index in [1.54, 1.807) is 4.90 Å². The zero-order chi connectivity index (χ0) is 17.1. The molecule has 2 aromatic rings. The third kappa shape index (κ3) is 3.28. The first-order chi connectivity index (χ1) is 11.6. The van der Waals surface area contributed by atoms with Crippen LogP contribution in [0.1, 0.15) is 39.4 Å². The molecule has 3 rings (SSSR count). The first-order valence-corrected chi connectivity index (χ1v) is 7.73. The van der Waals surface area contributed by atoms with Crippen molar-refractivity contribution in [1.29, 1.82) is 0 Å². The third-order valence-corrected chi connectivity index (χ3v) is 4.09. The van der Waals surface area contributed by atoms with Gasteiger partial charge in [-0.05, 0) is 24.6 Å². The van der Waals surface area contributed by atoms with E-state index in [1.165, 1.54) is 18.3 Å². The minimum Gasteiger partial charge on any atom is -0.477 e. The topological polar surface area (TPSA) is 79.7 Å². The van der Waals surface area contributed by atoms with E-state index < -0.39 is 5.97 Å². The average Bonchev–Trinajstić information content (AvgIpc) is 2.62. The van der Waals surface area contributed by atoms with Crippen LogP contribution in [0.2, 0.25) is 0 Å². The number of benzene rings is 1. The van der Waals surface area contributed by atoms with Crippen LogP contribution in [0.4, 0.5) is 0 Å². The van der Waals surface area contributed by atoms with E-state index in [9.17, 15) is 9.59 Å². The Hall–Kier alpha value is -2.73. The second kappa shape index (κ2) is 6.80. The summed E-state index contributed by atoms with van der Waals surface area (Å²) in [7, 11) is 0. The molecular weight excluding hydrogens is 308 g/mol. The number of hydrogen-bond acceptors (Lipinski definition) is 4. The van der Waals surface area contributed by atoms with Crippen molar-refractivity contribution >= 4 is 11.9 Å². The van der Waals surface area contributed by atoms with Gasteiger partial charge >= 0.3 is 5.97 Å². The highest BCUT2D eigenvalue weighted by Crippen LogP contribution is 2.25. The zero-order valence-electron chi connectivity index (χ0n) is 13.3. The molecule has 0 saturated carbocycles. The SMILES string of the molecule is C[C@@H]1CO[C@H](c2ccccc2)CN1C(=O)c1ccc(C(=O)O)nc1. The number of amides is 1. The Bertz CT molecular complexity index is 730. The minimum absolute atomic E-state index is 0.0587. The van der Waals surface area contributed by atoms with Gasteiger partial charge in [0.2, 0.25) is 0 Å². The second-order valence-corrected chi connectivity index (χ2v) is 5.78. The molecule has 0 spiro atoms. The number of nitrogens with zero attached hydrogens (tertiary/aromatic N) is 2. The number of ether oxygens (including phenoxy) is 1. The Balaban J connectivity index is 1.78. The summed E-state index contributed by atoms with van der Waals surface area (Å²) in [4.78, 5) is 29.2. The van der Waals surface area contributed by atoms with Crippen molar-refractivity contribution < 1.29 is 19.4 Å². The summed E-state index contributed by atoms with van der Waals surface area (Å²) < 4.78 is 5.86. The van der Waals surface area contributed by atoms with E-state index in [0.29, 0.717) is 18.7 Å². The highest BCUT2D eigenvalue weighted by atomic mass is 16.5. The number of morpholine rings is 1. The van der Waals surface area contributed by atoms with Crippen LogP contribution in [-0.4, -0.2) is 46.1 Å². The Morgan fingerprint density at radius 2 is 1.96 bits per heavy atom. The molecule has 0 bridgehead atoms. The van der Waals surface area contributed by atoms with E-state index in [-0.39, 0.29) is 23.7 Å². The first kappa shape index (κ1) is 16.1. The van der Waals surface area contributed by atoms with E-state index in [1.807, 2.05) is 37.3 Å². The van der Waals surface area contributed by atoms with Crippen molar-refractivity contribution in [3.05, 3.63) is 65.5 Å². The van der Waals surface area contributed by atoms with Crippen molar-refractivity contribution in [3.8, 4) is 0 Å². The quantitative estimate of drug-likeness (QED) is 0.937. The van der Waals surface area contributed by atoms with E-state index >= 15 is 0 Å². The predicted octanol–water partition coefficient (Wildman–Crippen LogP) is 2.38. The van der Waals surface area contributed by atoms with Crippen molar-refractivity contribution in [3.63, 3.8) is 0 Å². The van der Waals surface area contributed by atoms with Crippen molar-refractivity contribution in [2.75, 3.05) is 13.2 Å². The lowest BCUT2D eigenvalue weighted by molar-refractivity contribution is -0.0486. The highest BCUT2D eigenvalue weighted by molar-refractivity contribution is 5.95. The van der Waals surface area contributed by atoms with Crippen LogP contribution in [0.5, 0.6) is 0 Å². The van der Waals surface area contributed by atoms with Gasteiger partial charge in [0.15, 0.2) is 0 Å². The lowest BCUT2D eigenvalue weighted by atomic mass is 10.1. The molecule has 124 valence electrons. The second-order valence-electron chi connectivity index (χ2n) is 5.78. The molecule has 2 atom stereocenters. The van der Waals surface area contributed by atoms with E-state index in [4.69, 9.17) is 9.84 Å². The monoisotopic (exact) mass is 326 g/mol. The molecular formula is C18H18N2O4. The van der Waals surface area contributed by atoms with Crippen molar-refractivity contribution in [2.24, 2.45) is 0 Å². The number of carbonyl (C=O) groups is 2. The smallest absolute Gasteiger partial charge is 0.354 e. The number of carboxylic acid groups (broad SMARTS) is 1. The summed E-state index contributed by atoms with van der Waals surface area (Å²) in [5.74, 6) is -1.28. The standard InChI is InChI=1S/C18H18N2O4/c1-12-11-24-16(13-5-3-2-4-6-13)10-20(12)17(21)14-7-8-15(18(22)23)19-9-14/h2-9,12,16H,10-11H2,1H3,(H,22,23)/t12-,16+/m1/s1. The fourth-order valence-corrected chi connectivity index (χ4v) is 2.72. The van der Waals surface area contributed by atoms with Crippen LogP contribution < -0.4 is 0 Å². The van der Waals surface area contributed by atoms with Gasteiger partial charge in [-0.1, -0.05) is 30.3 Å². The van der Waals surface area contributed by atoms with Crippen molar-refractivity contribution in [2.45, 2.75) is 19.1 Å². The third-order valence-electron chi connectivity index (χ3n) is 4.09. The van der Waals surface area contributed by atoms with Crippen LogP contribution in [0, 0.1) is 0 Å². The van der Waals surface area contributed by atoms with Crippen molar-refractivity contribution in [1.82, 2.24) is 9.88 Å². The number of aromatic carboxylic acids is 1. The molecule has 0 aliphatic carbocycles. The molecule has 1 saturated heterocycles. The Morgan fingerprint density at radius 1 is 1.21 bits per heavy atom. The Morgan fingerprint density at radius 3 is 2.58 bits per heavy atom. The van der Waals surface area contributed by atoms with E-state index in [2.05, 4.69) is 4.98 Å². The maximum absolute atomic E-state index is 12.8. The van der Waals surface area contributed by atoms with Crippen LogP contribution in [0.3, 0.4) is 0 Å². The molecule has 24 heavy (non-hydrogen) atoms. The number of hydrogen-bond donors (Lipinski definition) is 1. The van der Waals surface area contributed by atoms with Gasteiger partial charge in [0.25, 0.3) is 5.91 Å². The van der Waals surface area contributed by atoms with Crippen LogP contribution in [0.15, 0.2) is 48.7 Å². The lowest BCUT2D eigenvalue weighted by Crippen LogP contribution is -2.48. The molecule has 1 fully saturated rings. The summed E-state index contributed by atoms with van der Waals surface area (Å²) in [5, 5.41) is 8.89. The van der Waals surface area contributed by atoms with Crippen LogP contribution in [0.25, 0.3) is 0 Å². The molecule has 6 heteroatoms. The number of carboxylic acids is 1. The zero-order valence-corrected chi connectivity index (χ0v) is 13.3. The highest BCUT2D eigenvalue weighted by Gasteiger charge is 2.31. The predicted molar refractivity (Wildman–Crippen MR) is 86.8 cm³/mol. The summed E-state index contributed by atoms with van der Waals surface area (Å²) in [6.45, 7) is 2.83. The van der Waals surface area contributed by atoms with Gasteiger partial charge < -0.3 is 14.7 Å². The summed E-state index contributed by atoms with van der Waals surface area (Å²) in [6.07, 6.45) is 1.14. The normalized spacial score (nSPS) is 20.6. The summed E-state index contributed by atoms with van der Waals surface area (Å²) in [6, 6.07) is 12.6. The molecule has 1 aromatic carbocycles. The molecule has 2 heterocycles. The lowest BCUT2D eigenvalue weighted by Gasteiger charge is -2.38. The van der Waals surface area contributed by atoms with Gasteiger partial charge in [0, 0.05) is 6.20 Å². The summed E-state index contributed by atoms with van der Waals surface area (Å²) >= 11 is 0. The maximum Gasteiger partial charge on any atom is 0.354 e. The Labute approximate surface area is 139 Å². The van der Waals surface area contributed by atoms with Gasteiger partial charge in [-0.25, -0.2) is 9.78 Å². The first-order valence-electron chi connectivity index (χ1n) is 7.73. The molecule has 0 radical (unpaired) electrons. The number of pyridine rings is 1. The fraction of sp³-hybridized carbons (Fsp3) is 0.278. The Kier molecular flexibility index (Phi) is 4.57. The van der Waals surface area contributed by atoms with Crippen LogP contribution >= 0.6 is 0 Å². The summed E-state index contributed by atoms with van der Waals surface area (Å²) in [5.41, 5.74) is 1.32. The number of rotatable bonds is 3. The molecule has 0 unspecified atom stereocenters. The average molecular weight is 326 g/mol. The van der Waals surface area contributed by atoms with Gasteiger partial charge in [-0.15, -0.1) is 0 Å². The van der Waals surface area contributed by atoms with Gasteiger partial charge in [0.1, 0.15) is 11.8 Å². The largest absolute Gasteiger partial charge is 0.477 e. The molecule has 6 nitrogen and oxygen atoms in total. The number of aromatic nitrogens is 1. The molecule has 1 aliphatic rings. The van der Waals surface area contributed by atoms with E-state index in [0.717, 1.165) is 5.56 Å². The number of carbonyl (C=O) groups excluding carboxylic acids is 1.